The number of phenols is 1. The Labute approximate surface area is 178 Å². The van der Waals surface area contributed by atoms with Gasteiger partial charge in [0.2, 0.25) is 5.96 Å². The summed E-state index contributed by atoms with van der Waals surface area (Å²) in [5.74, 6) is 0.465. The molecule has 3 aromatic rings. The highest BCUT2D eigenvalue weighted by molar-refractivity contribution is 7.99. The molecule has 3 aromatic carbocycles. The third-order valence-corrected chi connectivity index (χ3v) is 5.99. The van der Waals surface area contributed by atoms with E-state index >= 15 is 0 Å². The van der Waals surface area contributed by atoms with E-state index in [-0.39, 0.29) is 17.0 Å². The highest BCUT2D eigenvalue weighted by Crippen LogP contribution is 2.44. The van der Waals surface area contributed by atoms with Crippen LogP contribution < -0.4 is 11.2 Å². The SMILES string of the molecule is CC1=NNC(N)=NC1=CC(Sc1ccc(Cl)cc1)c1c(O)ccc2ccccc12. The summed E-state index contributed by atoms with van der Waals surface area (Å²) in [6.07, 6.45) is 1.98. The van der Waals surface area contributed by atoms with Gasteiger partial charge in [0.05, 0.1) is 16.7 Å². The summed E-state index contributed by atoms with van der Waals surface area (Å²) in [7, 11) is 0. The summed E-state index contributed by atoms with van der Waals surface area (Å²) < 4.78 is 0. The van der Waals surface area contributed by atoms with Crippen LogP contribution in [0.1, 0.15) is 17.7 Å². The van der Waals surface area contributed by atoms with Gasteiger partial charge in [-0.2, -0.15) is 5.10 Å². The van der Waals surface area contributed by atoms with Gasteiger partial charge in [0.1, 0.15) is 5.75 Å². The van der Waals surface area contributed by atoms with E-state index < -0.39 is 0 Å². The zero-order valence-electron chi connectivity index (χ0n) is 15.6. The molecule has 0 aliphatic carbocycles. The second-order valence-electron chi connectivity index (χ2n) is 6.57. The number of hydrogen-bond acceptors (Lipinski definition) is 6. The summed E-state index contributed by atoms with van der Waals surface area (Å²) >= 11 is 7.64. The molecular formula is C22H19ClN4OS. The fourth-order valence-electron chi connectivity index (χ4n) is 3.15. The number of aromatic hydroxyl groups is 1. The van der Waals surface area contributed by atoms with Crippen LogP contribution >= 0.6 is 23.4 Å². The molecule has 1 unspecified atom stereocenters. The molecular weight excluding hydrogens is 404 g/mol. The summed E-state index contributed by atoms with van der Waals surface area (Å²) in [6, 6.07) is 19.3. The summed E-state index contributed by atoms with van der Waals surface area (Å²) in [4.78, 5) is 5.41. The smallest absolute Gasteiger partial charge is 0.214 e. The predicted molar refractivity (Wildman–Crippen MR) is 122 cm³/mol. The molecule has 4 N–H and O–H groups in total. The Kier molecular flexibility index (Phi) is 5.47. The topological polar surface area (TPSA) is 83.0 Å². The van der Waals surface area contributed by atoms with Gasteiger partial charge in [-0.1, -0.05) is 41.9 Å². The molecule has 1 aliphatic rings. The average Bonchev–Trinajstić information content (AvgIpc) is 2.72. The Bertz CT molecular complexity index is 1160. The van der Waals surface area contributed by atoms with Gasteiger partial charge in [0, 0.05) is 15.5 Å². The molecule has 0 fully saturated rings. The Hall–Kier alpha value is -2.96. The number of nitrogens with two attached hydrogens (primary N) is 1. The van der Waals surface area contributed by atoms with E-state index in [1.807, 2.05) is 67.6 Å². The molecule has 0 radical (unpaired) electrons. The molecule has 146 valence electrons. The maximum absolute atomic E-state index is 10.8. The van der Waals surface area contributed by atoms with E-state index in [9.17, 15) is 5.11 Å². The first-order valence-corrected chi connectivity index (χ1v) is 10.3. The van der Waals surface area contributed by atoms with Crippen LogP contribution in [0.15, 0.2) is 87.4 Å². The van der Waals surface area contributed by atoms with Crippen molar-refractivity contribution >= 4 is 45.8 Å². The number of aliphatic imine (C=N–C) groups is 1. The first-order chi connectivity index (χ1) is 14.0. The maximum Gasteiger partial charge on any atom is 0.214 e. The molecule has 7 heteroatoms. The van der Waals surface area contributed by atoms with Crippen LogP contribution in [0.2, 0.25) is 5.02 Å². The van der Waals surface area contributed by atoms with Crippen LogP contribution in [0.4, 0.5) is 0 Å². The lowest BCUT2D eigenvalue weighted by Crippen LogP contribution is -2.31. The number of guanidine groups is 1. The third kappa shape index (κ3) is 4.23. The summed E-state index contributed by atoms with van der Waals surface area (Å²) in [6.45, 7) is 1.86. The van der Waals surface area contributed by atoms with Gasteiger partial charge in [-0.15, -0.1) is 11.8 Å². The Balaban J connectivity index is 1.87. The molecule has 0 amide bonds. The largest absolute Gasteiger partial charge is 0.508 e. The number of hydrazone groups is 1. The number of hydrogen-bond donors (Lipinski definition) is 3. The second kappa shape index (κ2) is 8.19. The lowest BCUT2D eigenvalue weighted by molar-refractivity contribution is 0.470. The van der Waals surface area contributed by atoms with Crippen molar-refractivity contribution in [3.63, 3.8) is 0 Å². The van der Waals surface area contributed by atoms with Crippen molar-refractivity contribution < 1.29 is 5.11 Å². The number of phenolic OH excluding ortho intramolecular Hbond substituents is 1. The van der Waals surface area contributed by atoms with Crippen molar-refractivity contribution in [2.75, 3.05) is 0 Å². The predicted octanol–water partition coefficient (Wildman–Crippen LogP) is 5.21. The van der Waals surface area contributed by atoms with Crippen molar-refractivity contribution in [2.45, 2.75) is 17.1 Å². The summed E-state index contributed by atoms with van der Waals surface area (Å²) in [5.41, 5.74) is 10.7. The Morgan fingerprint density at radius 2 is 1.86 bits per heavy atom. The normalized spacial score (nSPS) is 16.3. The fourth-order valence-corrected chi connectivity index (χ4v) is 4.43. The van der Waals surface area contributed by atoms with Gasteiger partial charge >= 0.3 is 0 Å². The number of fused-ring (bicyclic) bond motifs is 1. The van der Waals surface area contributed by atoms with Crippen LogP contribution in [0.25, 0.3) is 10.8 Å². The van der Waals surface area contributed by atoms with Crippen molar-refractivity contribution in [3.8, 4) is 5.75 Å². The van der Waals surface area contributed by atoms with E-state index in [4.69, 9.17) is 17.3 Å². The standard InChI is InChI=1S/C22H19ClN4OS/c1-13-18(25-22(24)27-26-13)12-20(29-16-9-7-15(23)8-10-16)21-17-5-3-2-4-14(17)6-11-19(21)28/h2-12,20,28H,1H3,(H3,24,25,27). The van der Waals surface area contributed by atoms with Crippen LogP contribution in [-0.4, -0.2) is 16.8 Å². The molecule has 0 saturated heterocycles. The number of halogens is 1. The molecule has 5 nitrogen and oxygen atoms in total. The van der Waals surface area contributed by atoms with Crippen LogP contribution in [0, 0.1) is 0 Å². The first kappa shape index (κ1) is 19.4. The van der Waals surface area contributed by atoms with Crippen molar-refractivity contribution in [1.82, 2.24) is 5.43 Å². The minimum Gasteiger partial charge on any atom is -0.508 e. The molecule has 0 aromatic heterocycles. The molecule has 4 rings (SSSR count). The number of thioether (sulfide) groups is 1. The number of nitrogens with one attached hydrogen (secondary N) is 1. The molecule has 1 heterocycles. The Morgan fingerprint density at radius 3 is 2.66 bits per heavy atom. The molecule has 0 bridgehead atoms. The first-order valence-electron chi connectivity index (χ1n) is 9.01. The molecule has 0 saturated carbocycles. The minimum absolute atomic E-state index is 0.225. The van der Waals surface area contributed by atoms with Gasteiger partial charge < -0.3 is 10.8 Å². The van der Waals surface area contributed by atoms with Crippen LogP contribution in [0.3, 0.4) is 0 Å². The van der Waals surface area contributed by atoms with Gasteiger partial charge in [-0.25, -0.2) is 10.4 Å². The van der Waals surface area contributed by atoms with Gasteiger partial charge in [0.25, 0.3) is 0 Å². The third-order valence-electron chi connectivity index (χ3n) is 4.57. The van der Waals surface area contributed by atoms with Crippen molar-refractivity contribution in [3.05, 3.63) is 83.0 Å². The minimum atomic E-state index is -0.225. The van der Waals surface area contributed by atoms with Gasteiger partial charge in [0.15, 0.2) is 0 Å². The number of nitrogens with zero attached hydrogens (tertiary/aromatic N) is 2. The molecule has 1 aliphatic heterocycles. The fraction of sp³-hybridized carbons (Fsp3) is 0.0909. The van der Waals surface area contributed by atoms with Crippen molar-refractivity contribution in [2.24, 2.45) is 15.8 Å². The van der Waals surface area contributed by atoms with Crippen molar-refractivity contribution in [1.29, 1.82) is 0 Å². The summed E-state index contributed by atoms with van der Waals surface area (Å²) in [5, 5.41) is 17.5. The Morgan fingerprint density at radius 1 is 1.10 bits per heavy atom. The number of benzene rings is 3. The van der Waals surface area contributed by atoms with E-state index in [1.165, 1.54) is 0 Å². The van der Waals surface area contributed by atoms with Gasteiger partial charge in [-0.3, -0.25) is 0 Å². The molecule has 1 atom stereocenters. The quantitative estimate of drug-likeness (QED) is 0.504. The second-order valence-corrected chi connectivity index (χ2v) is 8.22. The van der Waals surface area contributed by atoms with Crippen LogP contribution in [-0.2, 0) is 0 Å². The van der Waals surface area contributed by atoms with Crippen LogP contribution in [0.5, 0.6) is 5.75 Å². The highest BCUT2D eigenvalue weighted by Gasteiger charge is 2.21. The molecule has 0 spiro atoms. The zero-order valence-corrected chi connectivity index (χ0v) is 17.2. The van der Waals surface area contributed by atoms with E-state index in [0.717, 1.165) is 26.9 Å². The van der Waals surface area contributed by atoms with E-state index in [0.29, 0.717) is 10.7 Å². The lowest BCUT2D eigenvalue weighted by Gasteiger charge is -2.19. The maximum atomic E-state index is 10.8. The van der Waals surface area contributed by atoms with E-state index in [2.05, 4.69) is 15.5 Å². The van der Waals surface area contributed by atoms with E-state index in [1.54, 1.807) is 17.8 Å². The number of rotatable bonds is 4. The monoisotopic (exact) mass is 422 g/mol. The molecule has 29 heavy (non-hydrogen) atoms. The lowest BCUT2D eigenvalue weighted by atomic mass is 10.00. The number of allylic oxidation sites excluding steroid dienone is 1. The highest BCUT2D eigenvalue weighted by atomic mass is 35.5. The zero-order chi connectivity index (χ0) is 20.4. The average molecular weight is 423 g/mol. The van der Waals surface area contributed by atoms with Gasteiger partial charge in [-0.05, 0) is 54.1 Å².